The fourth-order valence-electron chi connectivity index (χ4n) is 6.62. The zero-order valence-corrected chi connectivity index (χ0v) is 19.8. The summed E-state index contributed by atoms with van der Waals surface area (Å²) in [6, 6.07) is 3.00. The molecule has 5 aliphatic rings. The highest BCUT2D eigenvalue weighted by Crippen LogP contribution is 2.61. The molecule has 186 valence electrons. The van der Waals surface area contributed by atoms with Crippen molar-refractivity contribution in [3.05, 3.63) is 29.8 Å². The Balaban J connectivity index is 1.10. The van der Waals surface area contributed by atoms with Gasteiger partial charge in [-0.3, -0.25) is 14.7 Å². The number of nitrogens with one attached hydrogen (secondary N) is 2. The number of hydrogen-bond acceptors (Lipinski definition) is 6. The van der Waals surface area contributed by atoms with Crippen LogP contribution >= 0.6 is 0 Å². The van der Waals surface area contributed by atoms with Crippen LogP contribution in [-0.4, -0.2) is 68.3 Å². The van der Waals surface area contributed by atoms with Crippen molar-refractivity contribution >= 4 is 11.8 Å². The fourth-order valence-corrected chi connectivity index (χ4v) is 6.62. The van der Waals surface area contributed by atoms with Gasteiger partial charge in [0.05, 0.1) is 24.6 Å². The number of nitrogens with zero attached hydrogens (tertiary/aromatic N) is 3. The van der Waals surface area contributed by atoms with Crippen LogP contribution in [-0.2, 0) is 4.79 Å². The Labute approximate surface area is 202 Å². The van der Waals surface area contributed by atoms with E-state index in [0.29, 0.717) is 37.3 Å². The Morgan fingerprint density at radius 1 is 1.29 bits per heavy atom. The number of fused-ring (bicyclic) bond motifs is 1. The third kappa shape index (κ3) is 3.78. The quantitative estimate of drug-likeness (QED) is 0.581. The number of rotatable bonds is 6. The van der Waals surface area contributed by atoms with E-state index < -0.39 is 11.4 Å². The van der Waals surface area contributed by atoms with E-state index in [1.54, 1.807) is 6.07 Å². The van der Waals surface area contributed by atoms with Gasteiger partial charge in [0.2, 0.25) is 11.8 Å². The number of hydrogen-bond donors (Lipinski definition) is 3. The first kappa shape index (κ1) is 22.5. The second kappa shape index (κ2) is 7.74. The molecule has 0 aromatic carbocycles. The third-order valence-electron chi connectivity index (χ3n) is 8.63. The van der Waals surface area contributed by atoms with E-state index in [4.69, 9.17) is 4.74 Å². The lowest BCUT2D eigenvalue weighted by atomic mass is 9.67. The predicted octanol–water partition coefficient (Wildman–Crippen LogP) is 2.43. The van der Waals surface area contributed by atoms with Crippen LogP contribution in [0.25, 0.3) is 11.3 Å². The Morgan fingerprint density at radius 2 is 2.09 bits per heavy atom. The fraction of sp³-hybridized carbons (Fsp3) is 0.600. The summed E-state index contributed by atoms with van der Waals surface area (Å²) in [6.45, 7) is 1.13. The third-order valence-corrected chi connectivity index (χ3v) is 8.63. The van der Waals surface area contributed by atoms with Gasteiger partial charge in [0.25, 0.3) is 5.91 Å². The first-order chi connectivity index (χ1) is 16.7. The number of H-pyrrole nitrogens is 1. The van der Waals surface area contributed by atoms with Crippen molar-refractivity contribution in [2.75, 3.05) is 20.2 Å². The molecule has 5 fully saturated rings. The second-order valence-corrected chi connectivity index (χ2v) is 11.0. The second-order valence-electron chi connectivity index (χ2n) is 11.0. The minimum atomic E-state index is -0.550. The summed E-state index contributed by atoms with van der Waals surface area (Å²) in [5.74, 6) is -0.527. The summed E-state index contributed by atoms with van der Waals surface area (Å²) in [5, 5.41) is 20.3. The molecule has 2 amide bonds. The first-order valence-electron chi connectivity index (χ1n) is 12.3. The van der Waals surface area contributed by atoms with Crippen molar-refractivity contribution in [3.63, 3.8) is 0 Å². The number of amides is 2. The zero-order chi connectivity index (χ0) is 24.4. The molecule has 1 unspecified atom stereocenters. The van der Waals surface area contributed by atoms with Crippen LogP contribution in [0.2, 0.25) is 0 Å². The first-order valence-corrected chi connectivity index (χ1v) is 12.3. The van der Waals surface area contributed by atoms with Crippen LogP contribution in [0.1, 0.15) is 61.9 Å². The maximum Gasteiger partial charge on any atom is 0.272 e. The highest BCUT2D eigenvalue weighted by Gasteiger charge is 2.60. The van der Waals surface area contributed by atoms with E-state index in [1.165, 1.54) is 13.2 Å². The van der Waals surface area contributed by atoms with Gasteiger partial charge < -0.3 is 20.1 Å². The van der Waals surface area contributed by atoms with Gasteiger partial charge in [-0.15, -0.1) is 0 Å². The number of aliphatic hydroxyl groups is 1. The molecule has 3 heterocycles. The molecule has 10 heteroatoms. The molecule has 4 aliphatic carbocycles. The van der Waals surface area contributed by atoms with Crippen molar-refractivity contribution in [3.8, 4) is 17.1 Å². The van der Waals surface area contributed by atoms with Gasteiger partial charge in [-0.2, -0.15) is 5.10 Å². The molecule has 0 radical (unpaired) electrons. The standard InChI is InChI=1S/C25H30FN5O4/c1-35-20-8-16(17(26)11-27-20)18-9-19(30-29-18)22(33)31-7-2-15(10-24(31)4-5-24)21(32)28-14-23-3-6-25(34,12-23)13-23/h8-9,11,15,34H,2-7,10,12-14H2,1H3,(H,28,32)(H,29,30). The van der Waals surface area contributed by atoms with E-state index >= 15 is 0 Å². The molecule has 7 rings (SSSR count). The van der Waals surface area contributed by atoms with Crippen LogP contribution in [0.5, 0.6) is 5.88 Å². The normalized spacial score (nSPS) is 30.1. The molecular weight excluding hydrogens is 453 g/mol. The number of carbonyl (C=O) groups is 2. The summed E-state index contributed by atoms with van der Waals surface area (Å²) >= 11 is 0. The van der Waals surface area contributed by atoms with E-state index in [9.17, 15) is 19.1 Å². The van der Waals surface area contributed by atoms with Gasteiger partial charge in [-0.1, -0.05) is 0 Å². The highest BCUT2D eigenvalue weighted by atomic mass is 19.1. The molecule has 3 N–H and O–H groups in total. The van der Waals surface area contributed by atoms with Crippen molar-refractivity contribution in [2.24, 2.45) is 11.3 Å². The lowest BCUT2D eigenvalue weighted by Crippen LogP contribution is -2.53. The minimum absolute atomic E-state index is 0.0611. The van der Waals surface area contributed by atoms with E-state index in [-0.39, 0.29) is 40.1 Å². The summed E-state index contributed by atoms with van der Waals surface area (Å²) in [7, 11) is 1.45. The number of methoxy groups -OCH3 is 1. The SMILES string of the molecule is COc1cc(-c2cc(C(=O)N3CCC(C(=O)NCC45CCC(O)(C4)C5)CC34CC4)[nH]n2)c(F)cn1. The van der Waals surface area contributed by atoms with Gasteiger partial charge in [0.15, 0.2) is 5.82 Å². The number of aromatic nitrogens is 3. The number of piperidine rings is 1. The van der Waals surface area contributed by atoms with Crippen molar-refractivity contribution in [1.29, 1.82) is 0 Å². The van der Waals surface area contributed by atoms with Gasteiger partial charge in [0.1, 0.15) is 5.69 Å². The van der Waals surface area contributed by atoms with E-state index in [2.05, 4.69) is 20.5 Å². The molecule has 9 nitrogen and oxygen atoms in total. The average Bonchev–Trinajstić information content (AvgIpc) is 3.18. The molecule has 35 heavy (non-hydrogen) atoms. The highest BCUT2D eigenvalue weighted by molar-refractivity contribution is 5.94. The maximum absolute atomic E-state index is 14.3. The lowest BCUT2D eigenvalue weighted by Gasteiger charge is -2.44. The molecule has 1 saturated heterocycles. The molecule has 2 aromatic heterocycles. The summed E-state index contributed by atoms with van der Waals surface area (Å²) in [5.41, 5.74) is 0.0961. The van der Waals surface area contributed by atoms with Crippen LogP contribution in [0.15, 0.2) is 18.3 Å². The van der Waals surface area contributed by atoms with Crippen molar-refractivity contribution in [2.45, 2.75) is 62.5 Å². The number of halogens is 1. The van der Waals surface area contributed by atoms with Gasteiger partial charge in [-0.05, 0) is 62.8 Å². The molecular formula is C25H30FN5O4. The van der Waals surface area contributed by atoms with E-state index in [1.807, 2.05) is 4.90 Å². The van der Waals surface area contributed by atoms with Crippen LogP contribution in [0.4, 0.5) is 4.39 Å². The van der Waals surface area contributed by atoms with Crippen molar-refractivity contribution < 1.29 is 23.8 Å². The Hall–Kier alpha value is -3.01. The van der Waals surface area contributed by atoms with Crippen molar-refractivity contribution in [1.82, 2.24) is 25.4 Å². The Kier molecular flexibility index (Phi) is 4.97. The monoisotopic (exact) mass is 483 g/mol. The number of likely N-dealkylation sites (tertiary alicyclic amines) is 1. The smallest absolute Gasteiger partial charge is 0.272 e. The molecule has 2 aromatic rings. The van der Waals surface area contributed by atoms with Gasteiger partial charge in [-0.25, -0.2) is 9.37 Å². The summed E-state index contributed by atoms with van der Waals surface area (Å²) in [6.07, 6.45) is 7.46. The number of aromatic amines is 1. The average molecular weight is 484 g/mol. The maximum atomic E-state index is 14.3. The predicted molar refractivity (Wildman–Crippen MR) is 123 cm³/mol. The summed E-state index contributed by atoms with van der Waals surface area (Å²) in [4.78, 5) is 32.0. The van der Waals surface area contributed by atoms with Gasteiger partial charge >= 0.3 is 0 Å². The zero-order valence-electron chi connectivity index (χ0n) is 19.8. The minimum Gasteiger partial charge on any atom is -0.481 e. The Morgan fingerprint density at radius 3 is 2.77 bits per heavy atom. The molecule has 1 spiro atoms. The number of ether oxygens (including phenoxy) is 1. The summed E-state index contributed by atoms with van der Waals surface area (Å²) < 4.78 is 19.4. The van der Waals surface area contributed by atoms with Crippen LogP contribution in [0.3, 0.4) is 0 Å². The van der Waals surface area contributed by atoms with E-state index in [0.717, 1.165) is 44.7 Å². The molecule has 1 aliphatic heterocycles. The Bertz CT molecular complexity index is 1190. The molecule has 1 atom stereocenters. The topological polar surface area (TPSA) is 120 Å². The number of pyridine rings is 1. The lowest BCUT2D eigenvalue weighted by molar-refractivity contribution is -0.129. The van der Waals surface area contributed by atoms with Crippen LogP contribution < -0.4 is 10.1 Å². The van der Waals surface area contributed by atoms with Crippen LogP contribution in [0, 0.1) is 17.2 Å². The van der Waals surface area contributed by atoms with Gasteiger partial charge in [0, 0.05) is 36.2 Å². The molecule has 4 saturated carbocycles. The largest absolute Gasteiger partial charge is 0.481 e. The molecule has 2 bridgehead atoms. The number of carbonyl (C=O) groups excluding carboxylic acids is 2.